The summed E-state index contributed by atoms with van der Waals surface area (Å²) >= 11 is 12.0. The number of rotatable bonds is 6. The Hall–Kier alpha value is -3.04. The maximum atomic E-state index is 12.7. The fourth-order valence-electron chi connectivity index (χ4n) is 2.84. The Labute approximate surface area is 175 Å². The smallest absolute Gasteiger partial charge is 0.361 e. The van der Waals surface area contributed by atoms with E-state index in [0.717, 1.165) is 12.1 Å². The van der Waals surface area contributed by atoms with Crippen molar-refractivity contribution < 1.29 is 9.53 Å². The first kappa shape index (κ1) is 19.3. The van der Waals surface area contributed by atoms with E-state index in [9.17, 15) is 4.79 Å². The maximum absolute atomic E-state index is 12.7. The molecule has 0 bridgehead atoms. The van der Waals surface area contributed by atoms with E-state index < -0.39 is 5.97 Å². The summed E-state index contributed by atoms with van der Waals surface area (Å²) in [6.45, 7) is 1.87. The lowest BCUT2D eigenvalue weighted by Gasteiger charge is -2.07. The summed E-state index contributed by atoms with van der Waals surface area (Å²) in [4.78, 5) is 12.7. The Bertz CT molecular complexity index is 1190. The van der Waals surface area contributed by atoms with Crippen LogP contribution in [0.4, 0.5) is 0 Å². The molecule has 0 aliphatic rings. The minimum absolute atomic E-state index is 0.136. The van der Waals surface area contributed by atoms with Crippen molar-refractivity contribution in [3.05, 3.63) is 63.8 Å². The van der Waals surface area contributed by atoms with Crippen molar-refractivity contribution in [2.24, 2.45) is 0 Å². The van der Waals surface area contributed by atoms with Crippen LogP contribution < -0.4 is 0 Å². The molecule has 29 heavy (non-hydrogen) atoms. The van der Waals surface area contributed by atoms with Gasteiger partial charge in [-0.2, -0.15) is 9.61 Å². The zero-order valence-corrected chi connectivity index (χ0v) is 16.8. The fourth-order valence-corrected chi connectivity index (χ4v) is 3.16. The molecule has 0 amide bonds. The molecule has 3 heterocycles. The van der Waals surface area contributed by atoms with Gasteiger partial charge in [0.2, 0.25) is 0 Å². The number of carbonyl (C=O) groups is 1. The summed E-state index contributed by atoms with van der Waals surface area (Å²) in [6, 6.07) is 10.4. The number of fused-ring (bicyclic) bond motifs is 1. The van der Waals surface area contributed by atoms with Gasteiger partial charge in [-0.25, -0.2) is 9.48 Å². The first-order chi connectivity index (χ1) is 14.1. The predicted molar refractivity (Wildman–Crippen MR) is 105 cm³/mol. The number of benzene rings is 1. The van der Waals surface area contributed by atoms with Crippen molar-refractivity contribution in [3.63, 3.8) is 0 Å². The highest BCUT2D eigenvalue weighted by atomic mass is 35.5. The average molecular weight is 432 g/mol. The molecule has 0 fully saturated rings. The first-order valence-corrected chi connectivity index (χ1v) is 9.57. The second-order valence-electron chi connectivity index (χ2n) is 6.14. The third-order valence-corrected chi connectivity index (χ3v) is 4.56. The van der Waals surface area contributed by atoms with Gasteiger partial charge < -0.3 is 4.74 Å². The molecule has 0 unspecified atom stereocenters. The number of halogens is 2. The molecular formula is C18H15Cl2N7O2. The molecule has 148 valence electrons. The summed E-state index contributed by atoms with van der Waals surface area (Å²) in [6.07, 6.45) is 1.39. The largest absolute Gasteiger partial charge is 0.453 e. The Kier molecular flexibility index (Phi) is 5.41. The molecule has 0 saturated heterocycles. The minimum atomic E-state index is -0.611. The van der Waals surface area contributed by atoms with Crippen LogP contribution in [-0.2, 0) is 17.8 Å². The number of hydrogen-bond acceptors (Lipinski definition) is 7. The van der Waals surface area contributed by atoms with Crippen LogP contribution in [0.3, 0.4) is 0 Å². The Morgan fingerprint density at radius 1 is 1.14 bits per heavy atom. The van der Waals surface area contributed by atoms with E-state index in [1.165, 1.54) is 4.52 Å². The molecule has 4 aromatic rings. The van der Waals surface area contributed by atoms with Crippen LogP contribution in [0, 0.1) is 0 Å². The molecule has 0 saturated carbocycles. The van der Waals surface area contributed by atoms with Gasteiger partial charge in [0.15, 0.2) is 23.8 Å². The number of ether oxygens (including phenoxy) is 1. The van der Waals surface area contributed by atoms with E-state index in [4.69, 9.17) is 27.9 Å². The molecule has 0 aliphatic heterocycles. The van der Waals surface area contributed by atoms with Crippen molar-refractivity contribution in [3.8, 4) is 5.69 Å². The van der Waals surface area contributed by atoms with Gasteiger partial charge in [0.25, 0.3) is 0 Å². The standard InChI is InChI=1S/C18H15Cl2N7O2/c1-2-4-13-17(23-25-26(13)12-6-3-5-11(19)9-12)18(28)29-10-16-22-21-15-8-7-14(20)24-27(15)16/h3,5-9H,2,4,10H2,1H3. The predicted octanol–water partition coefficient (Wildman–Crippen LogP) is 3.32. The Morgan fingerprint density at radius 2 is 2.00 bits per heavy atom. The van der Waals surface area contributed by atoms with E-state index in [0.29, 0.717) is 28.6 Å². The summed E-state index contributed by atoms with van der Waals surface area (Å²) in [5.41, 5.74) is 2.01. The van der Waals surface area contributed by atoms with E-state index in [2.05, 4.69) is 25.6 Å². The van der Waals surface area contributed by atoms with Gasteiger partial charge in [-0.05, 0) is 36.8 Å². The van der Waals surface area contributed by atoms with Gasteiger partial charge in [-0.1, -0.05) is 47.8 Å². The topological polar surface area (TPSA) is 100 Å². The van der Waals surface area contributed by atoms with Crippen molar-refractivity contribution in [1.82, 2.24) is 34.8 Å². The van der Waals surface area contributed by atoms with E-state index in [1.807, 2.05) is 19.1 Å². The molecule has 0 N–H and O–H groups in total. The third-order valence-electron chi connectivity index (χ3n) is 4.12. The molecule has 11 heteroatoms. The number of aromatic nitrogens is 7. The van der Waals surface area contributed by atoms with Gasteiger partial charge in [0, 0.05) is 5.02 Å². The van der Waals surface area contributed by atoms with Gasteiger partial charge in [-0.3, -0.25) is 0 Å². The monoisotopic (exact) mass is 431 g/mol. The second-order valence-corrected chi connectivity index (χ2v) is 6.97. The van der Waals surface area contributed by atoms with E-state index in [1.54, 1.807) is 28.9 Å². The van der Waals surface area contributed by atoms with Crippen LogP contribution in [-0.4, -0.2) is 40.8 Å². The molecule has 0 aliphatic carbocycles. The third kappa shape index (κ3) is 3.92. The number of nitrogens with zero attached hydrogens (tertiary/aromatic N) is 7. The highest BCUT2D eigenvalue weighted by Gasteiger charge is 2.22. The summed E-state index contributed by atoms with van der Waals surface area (Å²) in [5.74, 6) is -0.268. The van der Waals surface area contributed by atoms with Crippen molar-refractivity contribution >= 4 is 34.8 Å². The lowest BCUT2D eigenvalue weighted by atomic mass is 10.2. The molecule has 0 spiro atoms. The SMILES string of the molecule is CCCc1c(C(=O)OCc2nnc3ccc(Cl)nn23)nnn1-c1cccc(Cl)c1. The fraction of sp³-hybridized carbons (Fsp3) is 0.222. The quantitative estimate of drug-likeness (QED) is 0.431. The lowest BCUT2D eigenvalue weighted by Crippen LogP contribution is -2.12. The van der Waals surface area contributed by atoms with Gasteiger partial charge in [-0.15, -0.1) is 15.3 Å². The van der Waals surface area contributed by atoms with Crippen molar-refractivity contribution in [1.29, 1.82) is 0 Å². The zero-order valence-electron chi connectivity index (χ0n) is 15.3. The van der Waals surface area contributed by atoms with Crippen LogP contribution in [0.1, 0.15) is 35.4 Å². The summed E-state index contributed by atoms with van der Waals surface area (Å²) in [7, 11) is 0. The van der Waals surface area contributed by atoms with Crippen molar-refractivity contribution in [2.45, 2.75) is 26.4 Å². The van der Waals surface area contributed by atoms with Crippen molar-refractivity contribution in [2.75, 3.05) is 0 Å². The minimum Gasteiger partial charge on any atom is -0.453 e. The summed E-state index contributed by atoms with van der Waals surface area (Å²) < 4.78 is 8.41. The van der Waals surface area contributed by atoms with E-state index >= 15 is 0 Å². The van der Waals surface area contributed by atoms with Crippen LogP contribution in [0.5, 0.6) is 0 Å². The zero-order chi connectivity index (χ0) is 20.4. The van der Waals surface area contributed by atoms with Crippen LogP contribution in [0.15, 0.2) is 36.4 Å². The Balaban J connectivity index is 1.59. The Morgan fingerprint density at radius 3 is 2.79 bits per heavy atom. The van der Waals surface area contributed by atoms with Crippen LogP contribution in [0.25, 0.3) is 11.3 Å². The molecule has 1 aromatic carbocycles. The summed E-state index contributed by atoms with van der Waals surface area (Å²) in [5, 5.41) is 21.0. The number of hydrogen-bond donors (Lipinski definition) is 0. The lowest BCUT2D eigenvalue weighted by molar-refractivity contribution is 0.0451. The second kappa shape index (κ2) is 8.14. The normalized spacial score (nSPS) is 11.1. The van der Waals surface area contributed by atoms with Gasteiger partial charge >= 0.3 is 5.97 Å². The molecule has 0 radical (unpaired) electrons. The van der Waals surface area contributed by atoms with E-state index in [-0.39, 0.29) is 17.5 Å². The van der Waals surface area contributed by atoms with Gasteiger partial charge in [0.1, 0.15) is 5.15 Å². The highest BCUT2D eigenvalue weighted by Crippen LogP contribution is 2.19. The average Bonchev–Trinajstić information content (AvgIpc) is 3.30. The van der Waals surface area contributed by atoms with Gasteiger partial charge in [0.05, 0.1) is 11.4 Å². The molecule has 4 rings (SSSR count). The maximum Gasteiger partial charge on any atom is 0.361 e. The van der Waals surface area contributed by atoms with Crippen LogP contribution in [0.2, 0.25) is 10.2 Å². The molecular weight excluding hydrogens is 417 g/mol. The molecule has 3 aromatic heterocycles. The number of esters is 1. The number of carbonyl (C=O) groups excluding carboxylic acids is 1. The highest BCUT2D eigenvalue weighted by molar-refractivity contribution is 6.30. The molecule has 0 atom stereocenters. The first-order valence-electron chi connectivity index (χ1n) is 8.81. The molecule has 9 nitrogen and oxygen atoms in total. The van der Waals surface area contributed by atoms with Crippen LogP contribution >= 0.6 is 23.2 Å².